The second-order valence-electron chi connectivity index (χ2n) is 10.3. The van der Waals surface area contributed by atoms with Gasteiger partial charge in [-0.15, -0.1) is 0 Å². The smallest absolute Gasteiger partial charge is 0.222 e. The van der Waals surface area contributed by atoms with Gasteiger partial charge in [0.25, 0.3) is 0 Å². The first-order valence-electron chi connectivity index (χ1n) is 10.3. The molecule has 148 valence electrons. The molecule has 4 rings (SSSR count). The lowest BCUT2D eigenvalue weighted by molar-refractivity contribution is -0.133. The van der Waals surface area contributed by atoms with Crippen LogP contribution in [0.5, 0.6) is 0 Å². The first kappa shape index (κ1) is 18.6. The summed E-state index contributed by atoms with van der Waals surface area (Å²) in [5, 5.41) is 3.15. The molecule has 2 bridgehead atoms. The van der Waals surface area contributed by atoms with Crippen molar-refractivity contribution in [1.82, 2.24) is 10.2 Å². The van der Waals surface area contributed by atoms with E-state index < -0.39 is 0 Å². The van der Waals surface area contributed by atoms with E-state index in [0.717, 1.165) is 31.6 Å². The lowest BCUT2D eigenvalue weighted by Gasteiger charge is -2.39. The van der Waals surface area contributed by atoms with Gasteiger partial charge in [-0.1, -0.05) is 20.8 Å². The lowest BCUT2D eigenvalue weighted by Crippen LogP contribution is -2.45. The topological polar surface area (TPSA) is 62.6 Å². The number of nitrogens with one attached hydrogen (secondary N) is 1. The molecule has 5 nitrogen and oxygen atoms in total. The van der Waals surface area contributed by atoms with Crippen LogP contribution in [0.3, 0.4) is 0 Å². The fourth-order valence-electron chi connectivity index (χ4n) is 6.17. The number of carbonyl (C=O) groups excluding carboxylic acids is 2. The summed E-state index contributed by atoms with van der Waals surface area (Å²) in [6.45, 7) is 7.89. The summed E-state index contributed by atoms with van der Waals surface area (Å²) in [5.41, 5.74) is 0.227. The van der Waals surface area contributed by atoms with E-state index in [1.54, 1.807) is 6.26 Å². The van der Waals surface area contributed by atoms with Gasteiger partial charge in [-0.05, 0) is 55.1 Å². The SMILES string of the molecule is CC1(C)C[C@H]2C[C@@](C)(CN2C(=O)CC[C@@]2(Cc3ccco3)CCC(=O)N2)C1. The van der Waals surface area contributed by atoms with Crippen molar-refractivity contribution in [3.63, 3.8) is 0 Å². The van der Waals surface area contributed by atoms with Crippen LogP contribution in [-0.4, -0.2) is 34.8 Å². The van der Waals surface area contributed by atoms with Crippen molar-refractivity contribution in [2.24, 2.45) is 10.8 Å². The summed E-state index contributed by atoms with van der Waals surface area (Å²) in [7, 11) is 0. The molecule has 2 amide bonds. The van der Waals surface area contributed by atoms with Gasteiger partial charge in [0.2, 0.25) is 11.8 Å². The minimum absolute atomic E-state index is 0.0836. The van der Waals surface area contributed by atoms with Crippen molar-refractivity contribution in [1.29, 1.82) is 0 Å². The highest BCUT2D eigenvalue weighted by Crippen LogP contribution is 2.52. The first-order chi connectivity index (χ1) is 12.7. The number of likely N-dealkylation sites (tertiary alicyclic amines) is 1. The van der Waals surface area contributed by atoms with Crippen LogP contribution in [0.4, 0.5) is 0 Å². The Morgan fingerprint density at radius 2 is 2.15 bits per heavy atom. The molecule has 3 fully saturated rings. The highest BCUT2D eigenvalue weighted by molar-refractivity contribution is 5.80. The Bertz CT molecular complexity index is 726. The molecule has 1 saturated carbocycles. The fourth-order valence-corrected chi connectivity index (χ4v) is 6.17. The molecule has 3 atom stereocenters. The summed E-state index contributed by atoms with van der Waals surface area (Å²) in [6, 6.07) is 4.20. The van der Waals surface area contributed by atoms with Gasteiger partial charge in [0.05, 0.1) is 6.26 Å². The molecule has 0 spiro atoms. The molecule has 1 N–H and O–H groups in total. The zero-order chi connectivity index (χ0) is 19.3. The van der Waals surface area contributed by atoms with Crippen molar-refractivity contribution in [3.8, 4) is 0 Å². The highest BCUT2D eigenvalue weighted by Gasteiger charge is 2.51. The van der Waals surface area contributed by atoms with E-state index in [1.165, 1.54) is 6.42 Å². The number of carbonyl (C=O) groups is 2. The number of furan rings is 1. The van der Waals surface area contributed by atoms with E-state index in [2.05, 4.69) is 31.0 Å². The number of rotatable bonds is 5. The molecule has 27 heavy (non-hydrogen) atoms. The Kier molecular flexibility index (Phi) is 4.39. The quantitative estimate of drug-likeness (QED) is 0.858. The molecule has 1 aromatic rings. The first-order valence-corrected chi connectivity index (χ1v) is 10.3. The van der Waals surface area contributed by atoms with Gasteiger partial charge in [0.1, 0.15) is 5.76 Å². The van der Waals surface area contributed by atoms with Crippen molar-refractivity contribution in [2.45, 2.75) is 83.7 Å². The van der Waals surface area contributed by atoms with Gasteiger partial charge >= 0.3 is 0 Å². The predicted molar refractivity (Wildman–Crippen MR) is 103 cm³/mol. The Labute approximate surface area is 161 Å². The fraction of sp³-hybridized carbons (Fsp3) is 0.727. The van der Waals surface area contributed by atoms with E-state index in [1.807, 2.05) is 12.1 Å². The summed E-state index contributed by atoms with van der Waals surface area (Å²) in [6.07, 6.45) is 8.24. The van der Waals surface area contributed by atoms with Crippen molar-refractivity contribution < 1.29 is 14.0 Å². The second-order valence-corrected chi connectivity index (χ2v) is 10.3. The molecule has 5 heteroatoms. The maximum absolute atomic E-state index is 13.1. The minimum atomic E-state index is -0.345. The van der Waals surface area contributed by atoms with Crippen molar-refractivity contribution in [3.05, 3.63) is 24.2 Å². The predicted octanol–water partition coefficient (Wildman–Crippen LogP) is 3.68. The molecule has 0 aromatic carbocycles. The minimum Gasteiger partial charge on any atom is -0.469 e. The largest absolute Gasteiger partial charge is 0.469 e. The van der Waals surface area contributed by atoms with E-state index in [-0.39, 0.29) is 22.8 Å². The molecule has 1 aliphatic carbocycles. The van der Waals surface area contributed by atoms with Gasteiger partial charge in [0, 0.05) is 37.4 Å². The molecule has 2 saturated heterocycles. The zero-order valence-corrected chi connectivity index (χ0v) is 16.8. The van der Waals surface area contributed by atoms with Crippen LogP contribution in [0.1, 0.15) is 71.5 Å². The summed E-state index contributed by atoms with van der Waals surface area (Å²) < 4.78 is 5.51. The van der Waals surface area contributed by atoms with E-state index in [9.17, 15) is 9.59 Å². The molecule has 0 radical (unpaired) electrons. The van der Waals surface area contributed by atoms with E-state index in [4.69, 9.17) is 4.42 Å². The van der Waals surface area contributed by atoms with Gasteiger partial charge < -0.3 is 14.6 Å². The lowest BCUT2D eigenvalue weighted by atomic mass is 9.65. The van der Waals surface area contributed by atoms with E-state index in [0.29, 0.717) is 37.1 Å². The summed E-state index contributed by atoms with van der Waals surface area (Å²) in [5.74, 6) is 1.21. The van der Waals surface area contributed by atoms with Gasteiger partial charge in [-0.2, -0.15) is 0 Å². The molecule has 3 heterocycles. The highest BCUT2D eigenvalue weighted by atomic mass is 16.3. The second kappa shape index (κ2) is 6.39. The normalized spacial score (nSPS) is 34.7. The monoisotopic (exact) mass is 372 g/mol. The molecule has 0 unspecified atom stereocenters. The van der Waals surface area contributed by atoms with Crippen LogP contribution in [-0.2, 0) is 16.0 Å². The van der Waals surface area contributed by atoms with Gasteiger partial charge in [0.15, 0.2) is 0 Å². The average molecular weight is 373 g/mol. The number of hydrogen-bond acceptors (Lipinski definition) is 3. The molecule has 1 aromatic heterocycles. The van der Waals surface area contributed by atoms with Crippen LogP contribution < -0.4 is 5.32 Å². The van der Waals surface area contributed by atoms with E-state index >= 15 is 0 Å². The molecular formula is C22H32N2O3. The maximum atomic E-state index is 13.1. The number of amides is 2. The van der Waals surface area contributed by atoms with Crippen LogP contribution in [0.25, 0.3) is 0 Å². The Hall–Kier alpha value is -1.78. The summed E-state index contributed by atoms with van der Waals surface area (Å²) in [4.78, 5) is 27.2. The average Bonchev–Trinajstić information content (AvgIpc) is 3.24. The number of nitrogens with zero attached hydrogens (tertiary/aromatic N) is 1. The molecule has 2 aliphatic heterocycles. The molecular weight excluding hydrogens is 340 g/mol. The van der Waals surface area contributed by atoms with Crippen LogP contribution in [0.2, 0.25) is 0 Å². The van der Waals surface area contributed by atoms with Crippen LogP contribution >= 0.6 is 0 Å². The standard InChI is InChI=1S/C22H32N2O3/c1-20(2)11-16-12-21(3,14-20)15-24(16)19(26)7-9-22(8-6-18(25)23-22)13-17-5-4-10-27-17/h4-5,10,16H,6-9,11-15H2,1-3H3,(H,23,25)/t16-,21+,22+/m0/s1. The third-order valence-electron chi connectivity index (χ3n) is 6.88. The Morgan fingerprint density at radius 3 is 2.81 bits per heavy atom. The Morgan fingerprint density at radius 1 is 1.33 bits per heavy atom. The maximum Gasteiger partial charge on any atom is 0.222 e. The van der Waals surface area contributed by atoms with Crippen molar-refractivity contribution in [2.75, 3.05) is 6.54 Å². The van der Waals surface area contributed by atoms with Gasteiger partial charge in [-0.25, -0.2) is 0 Å². The van der Waals surface area contributed by atoms with Crippen molar-refractivity contribution >= 4 is 11.8 Å². The third-order valence-corrected chi connectivity index (χ3v) is 6.88. The third kappa shape index (κ3) is 3.78. The molecule has 3 aliphatic rings. The summed E-state index contributed by atoms with van der Waals surface area (Å²) >= 11 is 0. The number of hydrogen-bond donors (Lipinski definition) is 1. The Balaban J connectivity index is 1.42. The van der Waals surface area contributed by atoms with Crippen LogP contribution in [0, 0.1) is 10.8 Å². The van der Waals surface area contributed by atoms with Gasteiger partial charge in [-0.3, -0.25) is 9.59 Å². The zero-order valence-electron chi connectivity index (χ0n) is 16.8. The van der Waals surface area contributed by atoms with Crippen LogP contribution in [0.15, 0.2) is 22.8 Å². The number of fused-ring (bicyclic) bond motifs is 2.